The summed E-state index contributed by atoms with van der Waals surface area (Å²) < 4.78 is 78.7. The fraction of sp³-hybridized carbons (Fsp3) is 0.352. The highest BCUT2D eigenvalue weighted by molar-refractivity contribution is 5.83. The predicted octanol–water partition coefficient (Wildman–Crippen LogP) is 13.8. The van der Waals surface area contributed by atoms with Crippen LogP contribution in [0, 0.1) is 51.4 Å². The van der Waals surface area contributed by atoms with Crippen molar-refractivity contribution in [3.63, 3.8) is 0 Å². The summed E-state index contributed by atoms with van der Waals surface area (Å²) in [5.74, 6) is 3.51. The molecule has 24 nitrogen and oxygen atoms in total. The van der Waals surface area contributed by atoms with Gasteiger partial charge in [-0.1, -0.05) is 24.3 Å². The maximum Gasteiger partial charge on any atom is 0.237 e. The Labute approximate surface area is 662 Å². The first-order chi connectivity index (χ1) is 56.4. The van der Waals surface area contributed by atoms with Gasteiger partial charge in [0, 0.05) is 107 Å². The third-order valence-electron chi connectivity index (χ3n) is 22.6. The third kappa shape index (κ3) is 16.2. The number of carbonyl (C=O) groups excluding carboxylic acids is 1. The molecule has 7 aliphatic rings. The summed E-state index contributed by atoms with van der Waals surface area (Å²) in [7, 11) is 3.79. The Kier molecular flexibility index (Phi) is 23.1. The van der Waals surface area contributed by atoms with Crippen LogP contribution in [0.3, 0.4) is 0 Å². The summed E-state index contributed by atoms with van der Waals surface area (Å²) >= 11 is 0. The van der Waals surface area contributed by atoms with Crippen LogP contribution in [0.1, 0.15) is 165 Å². The minimum atomic E-state index is -0.225. The number of aryl methyl sites for hydroxylation is 5. The zero-order valence-corrected chi connectivity index (χ0v) is 64.3. The molecule has 0 radical (unpaired) electrons. The van der Waals surface area contributed by atoms with Crippen LogP contribution >= 0.6 is 0 Å². The van der Waals surface area contributed by atoms with Gasteiger partial charge >= 0.3 is 0 Å². The van der Waals surface area contributed by atoms with Gasteiger partial charge in [-0.2, -0.15) is 15.8 Å². The van der Waals surface area contributed by atoms with E-state index in [-0.39, 0.29) is 23.4 Å². The number of pyridine rings is 3. The first-order valence-corrected chi connectivity index (χ1v) is 39.4. The number of nitriles is 3. The van der Waals surface area contributed by atoms with E-state index in [9.17, 15) is 33.8 Å². The molecule has 0 unspecified atom stereocenters. The normalized spacial score (nSPS) is 15.4. The molecule has 9 aromatic heterocycles. The average molecular weight is 1550 g/mol. The van der Waals surface area contributed by atoms with E-state index in [1.165, 1.54) is 48.6 Å². The van der Waals surface area contributed by atoms with Crippen molar-refractivity contribution in [2.24, 2.45) is 0 Å². The summed E-state index contributed by atoms with van der Waals surface area (Å²) in [5.41, 5.74) is 21.0. The van der Waals surface area contributed by atoms with Crippen LogP contribution in [0.4, 0.5) is 13.2 Å². The van der Waals surface area contributed by atoms with E-state index in [0.717, 1.165) is 177 Å². The van der Waals surface area contributed by atoms with E-state index >= 15 is 0 Å². The lowest BCUT2D eigenvalue weighted by atomic mass is 9.92. The Morgan fingerprint density at radius 2 is 0.939 bits per heavy atom. The molecule has 19 rings (SSSR count). The maximum absolute atomic E-state index is 14.5. The molecule has 0 saturated carbocycles. The van der Waals surface area contributed by atoms with Gasteiger partial charge in [-0.25, -0.2) is 18.2 Å². The van der Waals surface area contributed by atoms with Gasteiger partial charge in [0.25, 0.3) is 0 Å². The Morgan fingerprint density at radius 1 is 0.487 bits per heavy atom. The number of amides is 1. The lowest BCUT2D eigenvalue weighted by Gasteiger charge is -2.27. The molecule has 0 atom stereocenters. The van der Waals surface area contributed by atoms with Crippen LogP contribution in [-0.2, 0) is 80.2 Å². The Morgan fingerprint density at radius 3 is 1.36 bits per heavy atom. The molecule has 12 aromatic rings. The number of aromatic nitrogens is 13. The molecule has 3 aromatic carbocycles. The molecular weight excluding hydrogens is 1460 g/mol. The second-order valence-corrected chi connectivity index (χ2v) is 29.7. The van der Waals surface area contributed by atoms with E-state index in [0.29, 0.717) is 143 Å². The summed E-state index contributed by atoms with van der Waals surface area (Å²) in [4.78, 5) is 20.8. The van der Waals surface area contributed by atoms with Crippen molar-refractivity contribution in [2.45, 2.75) is 135 Å². The van der Waals surface area contributed by atoms with Gasteiger partial charge in [-0.15, -0.1) is 40.8 Å². The zero-order valence-electron chi connectivity index (χ0n) is 64.3. The molecule has 5 aliphatic heterocycles. The van der Waals surface area contributed by atoms with Crippen LogP contribution in [0.15, 0.2) is 133 Å². The number of carbonyl (C=O) groups is 1. The van der Waals surface area contributed by atoms with Crippen molar-refractivity contribution in [1.82, 2.24) is 73.2 Å². The molecule has 115 heavy (non-hydrogen) atoms. The highest BCUT2D eigenvalue weighted by atomic mass is 19.1. The minimum Gasteiger partial charge on any atom is -0.493 e. The number of hydrogen-bond donors (Lipinski definition) is 0. The number of nitrogens with zero attached hydrogens (tertiary/aromatic N) is 18. The number of benzene rings is 3. The van der Waals surface area contributed by atoms with Gasteiger partial charge in [0.05, 0.1) is 62.5 Å². The fourth-order valence-corrected chi connectivity index (χ4v) is 16.8. The lowest BCUT2D eigenvalue weighted by Crippen LogP contribution is -2.40. The monoisotopic (exact) mass is 1550 g/mol. The number of fused-ring (bicyclic) bond motifs is 7. The third-order valence-corrected chi connectivity index (χ3v) is 22.6. The van der Waals surface area contributed by atoms with Crippen LogP contribution < -0.4 is 14.2 Å². The number of ether oxygens (including phenoxy) is 4. The van der Waals surface area contributed by atoms with Crippen molar-refractivity contribution < 1.29 is 41.3 Å². The number of halogens is 3. The summed E-state index contributed by atoms with van der Waals surface area (Å²) in [6.45, 7) is 4.63. The van der Waals surface area contributed by atoms with Crippen molar-refractivity contribution >= 4 is 50.8 Å². The Bertz CT molecular complexity index is 5760. The van der Waals surface area contributed by atoms with Crippen LogP contribution in [-0.4, -0.2) is 146 Å². The van der Waals surface area contributed by atoms with Crippen molar-refractivity contribution in [2.75, 3.05) is 66.8 Å². The van der Waals surface area contributed by atoms with Gasteiger partial charge in [0.1, 0.15) is 89.8 Å². The number of likely N-dealkylation sites (N-methyl/N-ethyl adjacent to an activating group) is 1. The second-order valence-electron chi connectivity index (χ2n) is 29.7. The molecule has 14 heterocycles. The van der Waals surface area contributed by atoms with Crippen molar-refractivity contribution in [1.29, 1.82) is 15.8 Å². The van der Waals surface area contributed by atoms with E-state index in [1.54, 1.807) is 49.8 Å². The van der Waals surface area contributed by atoms with E-state index in [4.69, 9.17) is 23.4 Å². The van der Waals surface area contributed by atoms with E-state index < -0.39 is 0 Å². The first kappa shape index (κ1) is 76.4. The molecule has 584 valence electrons. The summed E-state index contributed by atoms with van der Waals surface area (Å²) in [5, 5.41) is 62.9. The number of rotatable bonds is 18. The van der Waals surface area contributed by atoms with Crippen LogP contribution in [0.2, 0.25) is 0 Å². The molecule has 0 saturated heterocycles. The predicted molar refractivity (Wildman–Crippen MR) is 423 cm³/mol. The summed E-state index contributed by atoms with van der Waals surface area (Å²) in [6.07, 6.45) is 36.0. The number of furan rings is 1. The number of allylic oxidation sites excluding steroid dienone is 4. The summed E-state index contributed by atoms with van der Waals surface area (Å²) in [6, 6.07) is 26.1. The lowest BCUT2D eigenvalue weighted by molar-refractivity contribution is -0.131. The van der Waals surface area contributed by atoms with E-state index in [1.807, 2.05) is 84.1 Å². The topological polar surface area (TPSA) is 279 Å². The number of hydrogen-bond acceptors (Lipinski definition) is 19. The van der Waals surface area contributed by atoms with Gasteiger partial charge in [0.2, 0.25) is 5.91 Å². The van der Waals surface area contributed by atoms with Crippen LogP contribution in [0.5, 0.6) is 17.2 Å². The molecule has 27 heteroatoms. The van der Waals surface area contributed by atoms with Gasteiger partial charge < -0.3 is 33.2 Å². The fourth-order valence-electron chi connectivity index (χ4n) is 16.8. The maximum atomic E-state index is 14.5. The molecule has 1 amide bonds. The SMILES string of the molecule is CN(C)CC(=O)N1CC=C(c2cnc(CCc3c(F)ccc4c3CCO4)n3cnnc23)CC1.N#Cc1cc(C2=CCCCC2)c2nncn2c1CCc1c(F)ccc2c1CCO2.N#Cc1cc(C2=CCCCC2)c2nncn2c1CCc1ccco1.N#Cc1cc(C2=CCOCC2)c2nncn2c1CCc1c(F)ccc2c1CCO2. The van der Waals surface area contributed by atoms with Crippen molar-refractivity contribution in [3.05, 3.63) is 247 Å². The highest BCUT2D eigenvalue weighted by Crippen LogP contribution is 2.38. The van der Waals surface area contributed by atoms with Gasteiger partial charge in [-0.3, -0.25) is 22.4 Å². The van der Waals surface area contributed by atoms with E-state index in [2.05, 4.69) is 82.2 Å². The molecular formula is C88H85F3N18O6. The molecule has 0 fully saturated rings. The quantitative estimate of drug-likeness (QED) is 0.0771. The minimum absolute atomic E-state index is 0.126. The molecule has 0 spiro atoms. The molecule has 0 N–H and O–H groups in total. The Hall–Kier alpha value is -12.6. The average Bonchev–Trinajstić information content (AvgIpc) is 1.72. The van der Waals surface area contributed by atoms with Crippen molar-refractivity contribution in [3.8, 4) is 35.5 Å². The molecule has 0 bridgehead atoms. The molecule has 2 aliphatic carbocycles. The first-order valence-electron chi connectivity index (χ1n) is 39.4. The smallest absolute Gasteiger partial charge is 0.237 e. The standard InChI is InChI=1S/C24H27FN6O2.C23H21FN4O.C22H19FN4O2.C19H18N4O/c1-29(2)14-23(32)30-10-7-16(8-11-30)19-13-26-22(31-15-27-28-24(19)31)6-3-17-18-9-12-33-21(18)5-4-20(17)25;24-20-7-9-22-18(10-11-29-22)17(20)6-8-21-16(13-25)12-19(15-4-2-1-3-5-15)23-27-26-14-28(21)23;23-19-2-4-21-17(7-10-29-21)16(19)1-3-20-15(12-24)11-18(14-5-8-28-9-6-14)22-26-25-13-27(20)22;20-12-15-11-17(14-5-2-1-3-6-14)19-22-21-13-23(19)18(15)9-8-16-7-4-10-24-16/h4-5,7,13,15H,3,6,8-12,14H2,1-2H3;4,7,9,12,14H,1-3,5-6,8,10-11H2;2,4-5,11,13H,1,3,6-10H2;4-5,7,10-11,13H,1-3,6,8-9H2. The van der Waals surface area contributed by atoms with Crippen LogP contribution in [0.25, 0.3) is 44.9 Å². The van der Waals surface area contributed by atoms with Gasteiger partial charge in [-0.05, 0) is 223 Å². The zero-order chi connectivity index (χ0) is 78.9. The highest BCUT2D eigenvalue weighted by Gasteiger charge is 2.28. The Balaban J connectivity index is 0.000000116. The van der Waals surface area contributed by atoms with Gasteiger partial charge in [0.15, 0.2) is 22.6 Å². The largest absolute Gasteiger partial charge is 0.493 e. The second kappa shape index (κ2) is 34.8.